The number of amides is 2. The summed E-state index contributed by atoms with van der Waals surface area (Å²) in [5, 5.41) is 25.3. The van der Waals surface area contributed by atoms with Crippen LogP contribution >= 0.6 is 15.9 Å². The van der Waals surface area contributed by atoms with Gasteiger partial charge in [0, 0.05) is 35.7 Å². The molecule has 1 atom stereocenters. The Morgan fingerprint density at radius 3 is 2.67 bits per heavy atom. The fraction of sp³-hybridized carbons (Fsp3) is 0.378. The van der Waals surface area contributed by atoms with Crippen LogP contribution in [0.15, 0.2) is 40.9 Å². The number of hydrogen-bond acceptors (Lipinski definition) is 8. The zero-order chi connectivity index (χ0) is 36.1. The monoisotopic (exact) mass is 763 g/mol. The molecule has 6 heterocycles. The number of nitrogens with zero attached hydrogens (tertiary/aromatic N) is 9. The molecule has 2 amide bonds. The van der Waals surface area contributed by atoms with E-state index < -0.39 is 0 Å². The summed E-state index contributed by atoms with van der Waals surface area (Å²) in [6.07, 6.45) is 4.53. The first-order valence-electron chi connectivity index (χ1n) is 17.7. The number of nitriles is 1. The normalized spacial score (nSPS) is 16.9. The molecule has 2 aliphatic heterocycles. The van der Waals surface area contributed by atoms with Crippen molar-refractivity contribution in [2.45, 2.75) is 85.0 Å². The standard InChI is InChI=1S/C37H38BrN11O3/c1-4-47-32-25(22(3)45-47)11-6-5-7-15-48-29(16-21(2)44-48)34(50)42-36-41-31-26(38)12-8-13-28(31)46(36)14-9-10-24-20-52-30-18-23(19-39)17-27-33(30)49(24)37(40-27)43-35(32)51/h8,12-13,16-18,24H,4-7,9-11,14-15,20H2,1-3H3,(H,40,43,51)(H,41,42,50)/t24-/m0/s1. The van der Waals surface area contributed by atoms with Gasteiger partial charge in [-0.25, -0.2) is 9.97 Å². The van der Waals surface area contributed by atoms with Crippen molar-refractivity contribution in [1.82, 2.24) is 38.7 Å². The van der Waals surface area contributed by atoms with E-state index in [2.05, 4.69) is 37.7 Å². The summed E-state index contributed by atoms with van der Waals surface area (Å²) < 4.78 is 14.7. The van der Waals surface area contributed by atoms with E-state index in [1.807, 2.05) is 54.2 Å². The number of ether oxygens (including phenoxy) is 1. The van der Waals surface area contributed by atoms with E-state index in [1.54, 1.807) is 21.5 Å². The molecule has 52 heavy (non-hydrogen) atoms. The van der Waals surface area contributed by atoms with Gasteiger partial charge in [-0.05, 0) is 93.1 Å². The summed E-state index contributed by atoms with van der Waals surface area (Å²) in [5.41, 5.74) is 6.90. The average Bonchev–Trinajstić information content (AvgIpc) is 3.88. The largest absolute Gasteiger partial charge is 0.489 e. The maximum atomic E-state index is 14.2. The molecule has 4 aromatic heterocycles. The second kappa shape index (κ2) is 13.6. The van der Waals surface area contributed by atoms with Crippen molar-refractivity contribution in [3.8, 4) is 11.8 Å². The minimum Gasteiger partial charge on any atom is -0.489 e. The van der Waals surface area contributed by atoms with Crippen molar-refractivity contribution in [1.29, 1.82) is 5.26 Å². The van der Waals surface area contributed by atoms with E-state index in [1.165, 1.54) is 0 Å². The number of fused-ring (bicyclic) bond motifs is 5. The smallest absolute Gasteiger partial charge is 0.276 e. The Balaban J connectivity index is 1.21. The molecule has 0 fully saturated rings. The molecular weight excluding hydrogens is 726 g/mol. The first-order valence-corrected chi connectivity index (χ1v) is 18.5. The molecule has 14 nitrogen and oxygen atoms in total. The maximum Gasteiger partial charge on any atom is 0.276 e. The van der Waals surface area contributed by atoms with Crippen LogP contribution in [0.1, 0.15) is 88.6 Å². The number of hydrogen-bond donors (Lipinski definition) is 2. The highest BCUT2D eigenvalue weighted by atomic mass is 79.9. The molecule has 2 N–H and O–H groups in total. The Labute approximate surface area is 307 Å². The predicted octanol–water partition coefficient (Wildman–Crippen LogP) is 6.69. The molecule has 8 rings (SSSR count). The highest BCUT2D eigenvalue weighted by Crippen LogP contribution is 2.39. The van der Waals surface area contributed by atoms with Crippen LogP contribution in [0.2, 0.25) is 0 Å². The average molecular weight is 765 g/mol. The number of para-hydroxylation sites is 1. The van der Waals surface area contributed by atoms with Crippen LogP contribution in [0.5, 0.6) is 5.75 Å². The van der Waals surface area contributed by atoms with Crippen molar-refractivity contribution < 1.29 is 14.3 Å². The van der Waals surface area contributed by atoms with Crippen LogP contribution in [0.4, 0.5) is 11.9 Å². The van der Waals surface area contributed by atoms with E-state index in [4.69, 9.17) is 19.8 Å². The SMILES string of the molecule is CCn1nc(C)c2c1C(=O)Nc1nc3cc(C#N)cc4c3n1[C@@H](CCCn1c(nc3c(Br)cccc31)NC(=O)c1cc(C)nn1CCCCC2)CO4. The van der Waals surface area contributed by atoms with Crippen LogP contribution in [0.3, 0.4) is 0 Å². The fourth-order valence-electron chi connectivity index (χ4n) is 7.57. The number of carbonyl (C=O) groups excluding carboxylic acids is 2. The summed E-state index contributed by atoms with van der Waals surface area (Å²) in [7, 11) is 0. The number of anilines is 2. The van der Waals surface area contributed by atoms with Crippen molar-refractivity contribution >= 4 is 61.7 Å². The number of rotatable bonds is 1. The van der Waals surface area contributed by atoms with Gasteiger partial charge in [0.25, 0.3) is 11.8 Å². The Kier molecular flexibility index (Phi) is 8.78. The first kappa shape index (κ1) is 33.6. The quantitative estimate of drug-likeness (QED) is 0.187. The Morgan fingerprint density at radius 1 is 1.00 bits per heavy atom. The van der Waals surface area contributed by atoms with Crippen molar-refractivity contribution in [2.75, 3.05) is 17.2 Å². The zero-order valence-corrected chi connectivity index (χ0v) is 30.8. The third kappa shape index (κ3) is 5.90. The molecule has 0 bridgehead atoms. The van der Waals surface area contributed by atoms with Crippen LogP contribution in [-0.2, 0) is 26.1 Å². The number of halogens is 1. The van der Waals surface area contributed by atoms with Crippen molar-refractivity contribution in [2.24, 2.45) is 0 Å². The lowest BCUT2D eigenvalue weighted by molar-refractivity contribution is 0.100. The summed E-state index contributed by atoms with van der Waals surface area (Å²) in [6.45, 7) is 7.81. The summed E-state index contributed by atoms with van der Waals surface area (Å²) >= 11 is 3.64. The van der Waals surface area contributed by atoms with Gasteiger partial charge in [0.2, 0.25) is 11.9 Å². The zero-order valence-electron chi connectivity index (χ0n) is 29.2. The highest BCUT2D eigenvalue weighted by molar-refractivity contribution is 9.10. The molecule has 0 radical (unpaired) electrons. The molecule has 2 aliphatic rings. The Morgan fingerprint density at radius 2 is 1.85 bits per heavy atom. The number of nitrogens with one attached hydrogen (secondary N) is 2. The number of imidazole rings is 2. The van der Waals surface area contributed by atoms with Gasteiger partial charge >= 0.3 is 0 Å². The van der Waals surface area contributed by atoms with E-state index in [-0.39, 0.29) is 17.9 Å². The molecule has 0 saturated carbocycles. The van der Waals surface area contributed by atoms with E-state index in [9.17, 15) is 14.9 Å². The van der Waals surface area contributed by atoms with Gasteiger partial charge in [-0.15, -0.1) is 0 Å². The highest BCUT2D eigenvalue weighted by Gasteiger charge is 2.30. The maximum absolute atomic E-state index is 14.2. The topological polar surface area (TPSA) is 163 Å². The minimum atomic E-state index is -0.274. The van der Waals surface area contributed by atoms with Gasteiger partial charge in [-0.2, -0.15) is 15.5 Å². The van der Waals surface area contributed by atoms with E-state index in [0.717, 1.165) is 57.2 Å². The van der Waals surface area contributed by atoms with Crippen molar-refractivity contribution in [3.05, 3.63) is 74.8 Å². The number of aryl methyl sites for hydroxylation is 5. The number of carbonyl (C=O) groups is 2. The van der Waals surface area contributed by atoms with Gasteiger partial charge < -0.3 is 13.9 Å². The Hall–Kier alpha value is -5.49. The lowest BCUT2D eigenvalue weighted by atomic mass is 10.0. The third-order valence-electron chi connectivity index (χ3n) is 9.97. The number of aromatic nitrogens is 8. The van der Waals surface area contributed by atoms with Crippen LogP contribution in [0.25, 0.3) is 22.1 Å². The third-order valence-corrected chi connectivity index (χ3v) is 10.6. The molecule has 2 aromatic carbocycles. The van der Waals surface area contributed by atoms with Crippen LogP contribution in [-0.4, -0.2) is 57.1 Å². The van der Waals surface area contributed by atoms with Gasteiger partial charge in [-0.1, -0.05) is 12.5 Å². The molecule has 0 unspecified atom stereocenters. The van der Waals surface area contributed by atoms with Gasteiger partial charge in [-0.3, -0.25) is 29.6 Å². The van der Waals surface area contributed by atoms with Crippen LogP contribution < -0.4 is 15.4 Å². The summed E-state index contributed by atoms with van der Waals surface area (Å²) in [4.78, 5) is 37.8. The molecule has 6 aromatic rings. The summed E-state index contributed by atoms with van der Waals surface area (Å²) in [6, 6.07) is 13.2. The van der Waals surface area contributed by atoms with Crippen LogP contribution in [0, 0.1) is 25.2 Å². The van der Waals surface area contributed by atoms with Crippen molar-refractivity contribution in [3.63, 3.8) is 0 Å². The van der Waals surface area contributed by atoms with E-state index in [0.29, 0.717) is 85.6 Å². The minimum absolute atomic E-state index is 0.177. The van der Waals surface area contributed by atoms with Gasteiger partial charge in [0.15, 0.2) is 0 Å². The molecule has 0 saturated heterocycles. The lowest BCUT2D eigenvalue weighted by Crippen LogP contribution is -2.27. The first-order chi connectivity index (χ1) is 25.2. The molecule has 15 heteroatoms. The summed E-state index contributed by atoms with van der Waals surface area (Å²) in [5.74, 6) is 0.870. The molecule has 0 spiro atoms. The second-order valence-electron chi connectivity index (χ2n) is 13.4. The molecule has 266 valence electrons. The number of benzene rings is 2. The predicted molar refractivity (Wildman–Crippen MR) is 199 cm³/mol. The fourth-order valence-corrected chi connectivity index (χ4v) is 8.02. The Bertz CT molecular complexity index is 2430. The molecule has 0 aliphatic carbocycles. The lowest BCUT2D eigenvalue weighted by Gasteiger charge is -2.27. The molecular formula is C37H38BrN11O3. The van der Waals surface area contributed by atoms with E-state index >= 15 is 0 Å². The second-order valence-corrected chi connectivity index (χ2v) is 14.3. The van der Waals surface area contributed by atoms with Gasteiger partial charge in [0.1, 0.15) is 34.8 Å². The van der Waals surface area contributed by atoms with Gasteiger partial charge in [0.05, 0.1) is 40.1 Å².